The first-order valence-corrected chi connectivity index (χ1v) is 17.4. The highest BCUT2D eigenvalue weighted by Crippen LogP contribution is 2.49. The van der Waals surface area contributed by atoms with Gasteiger partial charge >= 0.3 is 0 Å². The standard InChI is InChI=1S/C21H22N2O2.C20H20N2O2/c1-25-20-11-15-5-4-6-16-12-18(24)8-9-21(16,19(15)14-23-20)13-17-7-2-3-10-22-17;23-17-7-8-20(12-16-6-1-2-9-21-16)15(11-17)5-3-4-14-10-19(24)22-13-18(14)20/h2-3,7,10-12,14H,4-6,8-9,13H2,1H3;1-2,6,9-11,13H,3-5,7-8,12H2,(H,22,24). The van der Waals surface area contributed by atoms with Crippen molar-refractivity contribution in [2.24, 2.45) is 0 Å². The third kappa shape index (κ3) is 6.56. The van der Waals surface area contributed by atoms with E-state index < -0.39 is 0 Å². The first kappa shape index (κ1) is 32.6. The molecule has 8 heteroatoms. The van der Waals surface area contributed by atoms with Crippen LogP contribution in [0.2, 0.25) is 0 Å². The number of nitrogens with one attached hydrogen (secondary N) is 1. The van der Waals surface area contributed by atoms with Gasteiger partial charge in [0.15, 0.2) is 11.6 Å². The van der Waals surface area contributed by atoms with E-state index in [1.54, 1.807) is 13.2 Å². The highest BCUT2D eigenvalue weighted by molar-refractivity contribution is 5.93. The van der Waals surface area contributed by atoms with Gasteiger partial charge in [0, 0.05) is 84.8 Å². The van der Waals surface area contributed by atoms with Gasteiger partial charge in [-0.25, -0.2) is 4.98 Å². The summed E-state index contributed by atoms with van der Waals surface area (Å²) >= 11 is 0. The lowest BCUT2D eigenvalue weighted by Crippen LogP contribution is -2.36. The number of hydrogen-bond acceptors (Lipinski definition) is 7. The first-order chi connectivity index (χ1) is 23.9. The van der Waals surface area contributed by atoms with Crippen molar-refractivity contribution in [3.8, 4) is 5.88 Å². The molecule has 4 aromatic heterocycles. The molecule has 0 saturated carbocycles. The molecule has 0 bridgehead atoms. The van der Waals surface area contributed by atoms with Gasteiger partial charge in [0.05, 0.1) is 7.11 Å². The number of H-pyrrole nitrogens is 1. The molecule has 2 atom stereocenters. The summed E-state index contributed by atoms with van der Waals surface area (Å²) in [6.45, 7) is 0. The monoisotopic (exact) mass is 654 g/mol. The number of fused-ring (bicyclic) bond motifs is 6. The molecule has 1 N–H and O–H groups in total. The van der Waals surface area contributed by atoms with Crippen LogP contribution in [0.25, 0.3) is 0 Å². The van der Waals surface area contributed by atoms with Crippen molar-refractivity contribution in [1.29, 1.82) is 0 Å². The number of pyridine rings is 4. The van der Waals surface area contributed by atoms with Crippen LogP contribution in [0.15, 0.2) is 101 Å². The third-order valence-electron chi connectivity index (χ3n) is 10.9. The predicted octanol–water partition coefficient (Wildman–Crippen LogP) is 6.47. The molecule has 4 aliphatic carbocycles. The smallest absolute Gasteiger partial charge is 0.248 e. The lowest BCUT2D eigenvalue weighted by Gasteiger charge is -2.39. The van der Waals surface area contributed by atoms with Crippen LogP contribution in [-0.2, 0) is 46.1 Å². The van der Waals surface area contributed by atoms with Crippen LogP contribution >= 0.6 is 0 Å². The Bertz CT molecular complexity index is 1980. The van der Waals surface area contributed by atoms with E-state index >= 15 is 0 Å². The fourth-order valence-electron chi connectivity index (χ4n) is 8.59. The molecule has 0 aromatic carbocycles. The summed E-state index contributed by atoms with van der Waals surface area (Å²) in [6, 6.07) is 15.8. The van der Waals surface area contributed by atoms with Crippen LogP contribution in [0.5, 0.6) is 5.88 Å². The number of aryl methyl sites for hydroxylation is 2. The Morgan fingerprint density at radius 1 is 0.694 bits per heavy atom. The number of rotatable bonds is 5. The van der Waals surface area contributed by atoms with Crippen molar-refractivity contribution in [2.45, 2.75) is 87.9 Å². The van der Waals surface area contributed by atoms with Crippen molar-refractivity contribution in [2.75, 3.05) is 7.11 Å². The van der Waals surface area contributed by atoms with Gasteiger partial charge < -0.3 is 9.72 Å². The number of allylic oxidation sites excluding steroid dienone is 4. The van der Waals surface area contributed by atoms with E-state index in [0.717, 1.165) is 81.2 Å². The Hall–Kier alpha value is -4.98. The van der Waals surface area contributed by atoms with Gasteiger partial charge in [-0.1, -0.05) is 23.3 Å². The zero-order valence-electron chi connectivity index (χ0n) is 28.0. The Morgan fingerprint density at radius 2 is 1.27 bits per heavy atom. The Morgan fingerprint density at radius 3 is 1.82 bits per heavy atom. The van der Waals surface area contributed by atoms with E-state index in [4.69, 9.17) is 4.74 Å². The van der Waals surface area contributed by atoms with Crippen LogP contribution in [-0.4, -0.2) is 38.6 Å². The van der Waals surface area contributed by atoms with Crippen LogP contribution in [0.1, 0.15) is 85.0 Å². The first-order valence-electron chi connectivity index (χ1n) is 17.4. The fourth-order valence-corrected chi connectivity index (χ4v) is 8.59. The largest absolute Gasteiger partial charge is 0.481 e. The molecule has 2 unspecified atom stereocenters. The molecular formula is C41H42N4O4. The van der Waals surface area contributed by atoms with E-state index in [1.807, 2.05) is 67.3 Å². The zero-order valence-corrected chi connectivity index (χ0v) is 28.0. The van der Waals surface area contributed by atoms with Crippen LogP contribution < -0.4 is 10.3 Å². The number of aromatic amines is 1. The van der Waals surface area contributed by atoms with Crippen LogP contribution in [0, 0.1) is 0 Å². The third-order valence-corrected chi connectivity index (χ3v) is 10.9. The number of methoxy groups -OCH3 is 1. The van der Waals surface area contributed by atoms with Gasteiger partial charge in [0.1, 0.15) is 0 Å². The van der Waals surface area contributed by atoms with Crippen molar-refractivity contribution >= 4 is 11.6 Å². The maximum Gasteiger partial charge on any atom is 0.248 e. The molecular weight excluding hydrogens is 612 g/mol. The number of ketones is 2. The summed E-state index contributed by atoms with van der Waals surface area (Å²) in [7, 11) is 1.65. The molecule has 0 amide bonds. The molecule has 4 heterocycles. The summed E-state index contributed by atoms with van der Waals surface area (Å²) in [5.41, 5.74) is 8.91. The van der Waals surface area contributed by atoms with Crippen LogP contribution in [0.3, 0.4) is 0 Å². The predicted molar refractivity (Wildman–Crippen MR) is 188 cm³/mol. The second-order valence-electron chi connectivity index (χ2n) is 13.8. The molecule has 0 saturated heterocycles. The molecule has 4 aromatic rings. The fraction of sp³-hybridized carbons (Fsp3) is 0.366. The Kier molecular flexibility index (Phi) is 9.21. The van der Waals surface area contributed by atoms with Gasteiger partial charge in [-0.05, 0) is 110 Å². The number of carbonyl (C=O) groups excluding carboxylic acids is 2. The van der Waals surface area contributed by atoms with E-state index in [9.17, 15) is 14.4 Å². The highest BCUT2D eigenvalue weighted by Gasteiger charge is 2.43. The quantitative estimate of drug-likeness (QED) is 0.262. The molecule has 0 fully saturated rings. The topological polar surface area (TPSA) is 115 Å². The average Bonchev–Trinajstić information content (AvgIpc) is 3.36. The Balaban J connectivity index is 0.000000154. The van der Waals surface area contributed by atoms with Crippen molar-refractivity contribution < 1.29 is 14.3 Å². The summed E-state index contributed by atoms with van der Waals surface area (Å²) in [5.74, 6) is 1.12. The molecule has 4 aliphatic rings. The second kappa shape index (κ2) is 13.9. The molecule has 250 valence electrons. The second-order valence-corrected chi connectivity index (χ2v) is 13.8. The highest BCUT2D eigenvalue weighted by atomic mass is 16.5. The number of nitrogens with zero attached hydrogens (tertiary/aromatic N) is 3. The lowest BCUT2D eigenvalue weighted by atomic mass is 9.64. The van der Waals surface area contributed by atoms with Gasteiger partial charge in [0.25, 0.3) is 0 Å². The van der Waals surface area contributed by atoms with Crippen molar-refractivity contribution in [1.82, 2.24) is 19.9 Å². The summed E-state index contributed by atoms with van der Waals surface area (Å²) in [6.07, 6.45) is 21.3. The molecule has 0 spiro atoms. The molecule has 49 heavy (non-hydrogen) atoms. The number of ether oxygens (including phenoxy) is 1. The minimum Gasteiger partial charge on any atom is -0.481 e. The van der Waals surface area contributed by atoms with E-state index in [2.05, 4.69) is 32.1 Å². The number of aromatic nitrogens is 4. The van der Waals surface area contributed by atoms with Gasteiger partial charge in [0.2, 0.25) is 11.4 Å². The summed E-state index contributed by atoms with van der Waals surface area (Å²) in [4.78, 5) is 52.4. The number of hydrogen-bond donors (Lipinski definition) is 1. The summed E-state index contributed by atoms with van der Waals surface area (Å²) < 4.78 is 5.33. The molecule has 8 rings (SSSR count). The molecule has 0 radical (unpaired) electrons. The number of carbonyl (C=O) groups is 2. The SMILES string of the molecule is COc1cc2c(cn1)C1(Cc3ccccn3)CCC(=O)C=C1CCC2.O=C1C=C2CCCc3cc(=O)[nH]cc3C2(Cc2ccccn2)CC1. The summed E-state index contributed by atoms with van der Waals surface area (Å²) in [5, 5.41) is 0. The maximum absolute atomic E-state index is 12.1. The van der Waals surface area contributed by atoms with E-state index in [1.165, 1.54) is 27.8 Å². The minimum absolute atomic E-state index is 0.0546. The Labute approximate surface area is 286 Å². The molecule has 8 nitrogen and oxygen atoms in total. The van der Waals surface area contributed by atoms with Crippen molar-refractivity contribution in [3.63, 3.8) is 0 Å². The van der Waals surface area contributed by atoms with Crippen molar-refractivity contribution in [3.05, 3.63) is 141 Å². The molecule has 0 aliphatic heterocycles. The van der Waals surface area contributed by atoms with Gasteiger partial charge in [-0.15, -0.1) is 0 Å². The van der Waals surface area contributed by atoms with E-state index in [0.29, 0.717) is 18.7 Å². The normalized spacial score (nSPS) is 22.7. The minimum atomic E-state index is -0.224. The van der Waals surface area contributed by atoms with Gasteiger partial charge in [-0.3, -0.25) is 24.4 Å². The van der Waals surface area contributed by atoms with Gasteiger partial charge in [-0.2, -0.15) is 0 Å². The lowest BCUT2D eigenvalue weighted by molar-refractivity contribution is -0.116. The average molecular weight is 655 g/mol. The van der Waals surface area contributed by atoms with Crippen LogP contribution in [0.4, 0.5) is 0 Å². The maximum atomic E-state index is 12.1. The zero-order chi connectivity index (χ0) is 33.8. The van der Waals surface area contributed by atoms with E-state index in [-0.39, 0.29) is 28.0 Å².